The fourth-order valence-corrected chi connectivity index (χ4v) is 4.68. The molecule has 0 heterocycles. The Bertz CT molecular complexity index is 1200. The van der Waals surface area contributed by atoms with Crippen LogP contribution in [-0.4, -0.2) is 21.7 Å². The lowest BCUT2D eigenvalue weighted by molar-refractivity contribution is -0.117. The summed E-state index contributed by atoms with van der Waals surface area (Å²) in [7, 11) is 0. The van der Waals surface area contributed by atoms with Gasteiger partial charge >= 0.3 is 0 Å². The van der Waals surface area contributed by atoms with Crippen molar-refractivity contribution in [2.75, 3.05) is 5.32 Å². The molecule has 0 radical (unpaired) electrons. The minimum Gasteiger partial charge on any atom is -0.334 e. The first-order chi connectivity index (χ1) is 15.5. The molecule has 2 atom stereocenters. The molecule has 0 bridgehead atoms. The molecule has 2 aliphatic rings. The second-order valence-corrected chi connectivity index (χ2v) is 9.89. The summed E-state index contributed by atoms with van der Waals surface area (Å²) >= 11 is 18.6. The first-order valence-corrected chi connectivity index (χ1v) is 10.9. The van der Waals surface area contributed by atoms with E-state index in [1.807, 2.05) is 6.07 Å². The van der Waals surface area contributed by atoms with Gasteiger partial charge in [-0.3, -0.25) is 9.59 Å². The van der Waals surface area contributed by atoms with E-state index in [1.54, 1.807) is 0 Å². The maximum Gasteiger partial charge on any atom is 0.266 e. The van der Waals surface area contributed by atoms with Crippen LogP contribution in [0.4, 0.5) is 18.9 Å². The molecule has 4 rings (SSSR count). The quantitative estimate of drug-likeness (QED) is 0.481. The monoisotopic (exact) mass is 515 g/mol. The van der Waals surface area contributed by atoms with Crippen LogP contribution in [0.1, 0.15) is 46.7 Å². The number of nitrogens with zero attached hydrogens (tertiary/aromatic N) is 1. The number of carbonyl (C=O) groups excluding carboxylic acids is 2. The molecule has 5 nitrogen and oxygen atoms in total. The van der Waals surface area contributed by atoms with Gasteiger partial charge in [-0.25, -0.2) is 13.2 Å². The lowest BCUT2D eigenvalue weighted by atomic mass is 10.1. The van der Waals surface area contributed by atoms with E-state index in [2.05, 4.69) is 10.6 Å². The first-order valence-electron chi connectivity index (χ1n) is 9.78. The highest BCUT2D eigenvalue weighted by Gasteiger charge is 2.67. The van der Waals surface area contributed by atoms with Crippen LogP contribution in [0.2, 0.25) is 5.02 Å². The average molecular weight is 517 g/mol. The Morgan fingerprint density at radius 2 is 1.85 bits per heavy atom. The van der Waals surface area contributed by atoms with Gasteiger partial charge in [-0.05, 0) is 42.7 Å². The lowest BCUT2D eigenvalue weighted by Gasteiger charge is -2.12. The van der Waals surface area contributed by atoms with Crippen molar-refractivity contribution in [3.05, 3.63) is 63.9 Å². The average Bonchev–Trinajstić information content (AvgIpc) is 3.63. The highest BCUT2D eigenvalue weighted by Crippen LogP contribution is 2.65. The zero-order valence-corrected chi connectivity index (χ0v) is 18.9. The van der Waals surface area contributed by atoms with Crippen molar-refractivity contribution in [3.63, 3.8) is 0 Å². The molecule has 2 amide bonds. The normalized spacial score (nSPS) is 21.8. The van der Waals surface area contributed by atoms with Crippen molar-refractivity contribution in [1.82, 2.24) is 5.32 Å². The van der Waals surface area contributed by atoms with Gasteiger partial charge in [-0.1, -0.05) is 23.7 Å². The minimum absolute atomic E-state index is 0.0657. The minimum atomic E-state index is -2.98. The molecule has 2 aliphatic carbocycles. The van der Waals surface area contributed by atoms with Crippen molar-refractivity contribution in [3.8, 4) is 6.07 Å². The Morgan fingerprint density at radius 1 is 1.15 bits per heavy atom. The molecular weight excluding hydrogens is 502 g/mol. The predicted molar refractivity (Wildman–Crippen MR) is 117 cm³/mol. The molecule has 2 fully saturated rings. The van der Waals surface area contributed by atoms with E-state index in [9.17, 15) is 22.8 Å². The molecule has 2 aromatic carbocycles. The topological polar surface area (TPSA) is 82.0 Å². The number of hydrogen-bond donors (Lipinski definition) is 2. The van der Waals surface area contributed by atoms with Crippen molar-refractivity contribution in [2.45, 2.75) is 35.1 Å². The molecule has 0 saturated heterocycles. The summed E-state index contributed by atoms with van der Waals surface area (Å²) in [5, 5.41) is 14.5. The van der Waals surface area contributed by atoms with Crippen LogP contribution in [0.5, 0.6) is 0 Å². The molecule has 0 spiro atoms. The van der Waals surface area contributed by atoms with Crippen LogP contribution < -0.4 is 10.6 Å². The Hall–Kier alpha value is -2.47. The Labute approximate surface area is 201 Å². The third-order valence-electron chi connectivity index (χ3n) is 5.75. The summed E-state index contributed by atoms with van der Waals surface area (Å²) in [4.78, 5) is 25.3. The summed E-state index contributed by atoms with van der Waals surface area (Å²) < 4.78 is 38.0. The van der Waals surface area contributed by atoms with E-state index in [-0.39, 0.29) is 21.8 Å². The van der Waals surface area contributed by atoms with E-state index in [0.29, 0.717) is 12.8 Å². The number of alkyl halides is 4. The number of halogens is 6. The number of amides is 2. The second kappa shape index (κ2) is 8.39. The fraction of sp³-hybridized carbons (Fsp3) is 0.318. The Balaban J connectivity index is 1.50. The Kier molecular flexibility index (Phi) is 6.02. The highest BCUT2D eigenvalue weighted by molar-refractivity contribution is 6.53. The van der Waals surface area contributed by atoms with E-state index in [0.717, 1.165) is 12.1 Å². The van der Waals surface area contributed by atoms with Crippen LogP contribution in [0.25, 0.3) is 0 Å². The molecule has 0 unspecified atom stereocenters. The van der Waals surface area contributed by atoms with Gasteiger partial charge in [0, 0.05) is 11.6 Å². The van der Waals surface area contributed by atoms with E-state index >= 15 is 0 Å². The number of rotatable bonds is 6. The van der Waals surface area contributed by atoms with Gasteiger partial charge in [-0.2, -0.15) is 5.26 Å². The highest BCUT2D eigenvalue weighted by atomic mass is 35.5. The van der Waals surface area contributed by atoms with Crippen molar-refractivity contribution < 1.29 is 22.8 Å². The van der Waals surface area contributed by atoms with Crippen LogP contribution in [0.15, 0.2) is 36.4 Å². The summed E-state index contributed by atoms with van der Waals surface area (Å²) in [6.45, 7) is 0. The number of nitriles is 1. The van der Waals surface area contributed by atoms with Gasteiger partial charge in [-0.15, -0.1) is 23.2 Å². The maximum atomic E-state index is 14.0. The van der Waals surface area contributed by atoms with Gasteiger partial charge in [0.15, 0.2) is 0 Å². The van der Waals surface area contributed by atoms with Crippen LogP contribution >= 0.6 is 34.8 Å². The van der Waals surface area contributed by atoms with Gasteiger partial charge in [0.1, 0.15) is 15.7 Å². The van der Waals surface area contributed by atoms with E-state index in [4.69, 9.17) is 40.1 Å². The van der Waals surface area contributed by atoms with Crippen LogP contribution in [0.3, 0.4) is 0 Å². The van der Waals surface area contributed by atoms with E-state index in [1.165, 1.54) is 24.3 Å². The number of benzene rings is 2. The molecule has 11 heteroatoms. The standard InChI is InChI=1S/C22H15Cl3F3N3O2/c23-14-4-2-11(8-13(14)19(32)31-21(9-29)5-6-21)30-20(33)17-16(22(17,24)25)10-1-3-12(18(27)28)15(26)7-10/h1-4,7-8,16-18H,5-6H2,(H,30,33)(H,31,32)/t16-,17+/m0/s1. The number of carbonyl (C=O) groups is 2. The maximum absolute atomic E-state index is 14.0. The van der Waals surface area contributed by atoms with Gasteiger partial charge in [0.25, 0.3) is 12.3 Å². The number of hydrogen-bond acceptors (Lipinski definition) is 3. The molecule has 2 saturated carbocycles. The number of nitrogens with one attached hydrogen (secondary N) is 2. The summed E-state index contributed by atoms with van der Waals surface area (Å²) in [5.41, 5.74) is -1.15. The third-order valence-corrected chi connectivity index (χ3v) is 7.02. The van der Waals surface area contributed by atoms with Crippen molar-refractivity contribution >= 4 is 52.3 Å². The second-order valence-electron chi connectivity index (χ2n) is 8.04. The SMILES string of the molecule is N#CC1(NC(=O)c2cc(NC(=O)[C@H]3[C@H](c4ccc(C(F)F)c(F)c4)C3(Cl)Cl)ccc2Cl)CC1. The molecule has 0 aliphatic heterocycles. The van der Waals surface area contributed by atoms with Gasteiger partial charge in [0.05, 0.1) is 28.1 Å². The van der Waals surface area contributed by atoms with Gasteiger partial charge in [0.2, 0.25) is 5.91 Å². The lowest BCUT2D eigenvalue weighted by Crippen LogP contribution is -2.35. The summed E-state index contributed by atoms with van der Waals surface area (Å²) in [5.74, 6) is -4.08. The summed E-state index contributed by atoms with van der Waals surface area (Å²) in [6, 6.07) is 9.36. The number of anilines is 1. The zero-order valence-electron chi connectivity index (χ0n) is 16.6. The largest absolute Gasteiger partial charge is 0.334 e. The molecular formula is C22H15Cl3F3N3O2. The zero-order chi connectivity index (χ0) is 24.1. The molecule has 2 aromatic rings. The molecule has 172 valence electrons. The van der Waals surface area contributed by atoms with Crippen molar-refractivity contribution in [1.29, 1.82) is 5.26 Å². The molecule has 2 N–H and O–H groups in total. The van der Waals surface area contributed by atoms with Gasteiger partial charge < -0.3 is 10.6 Å². The Morgan fingerprint density at radius 3 is 2.42 bits per heavy atom. The fourth-order valence-electron chi connectivity index (χ4n) is 3.65. The summed E-state index contributed by atoms with van der Waals surface area (Å²) in [6.07, 6.45) is -1.90. The first kappa shape index (κ1) is 23.7. The van der Waals surface area contributed by atoms with E-state index < -0.39 is 51.3 Å². The third kappa shape index (κ3) is 4.50. The smallest absolute Gasteiger partial charge is 0.266 e. The molecule has 0 aromatic heterocycles. The van der Waals surface area contributed by atoms with Crippen molar-refractivity contribution in [2.24, 2.45) is 5.92 Å². The van der Waals surface area contributed by atoms with Crippen LogP contribution in [0, 0.1) is 23.1 Å². The van der Waals surface area contributed by atoms with Crippen LogP contribution in [-0.2, 0) is 4.79 Å². The molecule has 33 heavy (non-hydrogen) atoms. The predicted octanol–water partition coefficient (Wildman–Crippen LogP) is 5.73.